The maximum atomic E-state index is 14.2. The van der Waals surface area contributed by atoms with Crippen molar-refractivity contribution in [1.82, 2.24) is 10.3 Å². The first-order valence-electron chi connectivity index (χ1n) is 8.54. The van der Waals surface area contributed by atoms with Crippen LogP contribution in [0, 0.1) is 23.5 Å². The quantitative estimate of drug-likeness (QED) is 0.679. The summed E-state index contributed by atoms with van der Waals surface area (Å²) in [7, 11) is 0. The molecule has 0 bridgehead atoms. The molecule has 0 spiro atoms. The summed E-state index contributed by atoms with van der Waals surface area (Å²) in [5.41, 5.74) is 2.02. The number of carbonyl (C=O) groups is 1. The zero-order valence-electron chi connectivity index (χ0n) is 14.5. The van der Waals surface area contributed by atoms with Gasteiger partial charge in [0.2, 0.25) is 0 Å². The number of nitrogens with zero attached hydrogens (tertiary/aromatic N) is 1. The minimum absolute atomic E-state index is 0.0378. The zero-order valence-corrected chi connectivity index (χ0v) is 14.5. The lowest BCUT2D eigenvalue weighted by molar-refractivity contribution is 0.130. The molecule has 3 aromatic rings. The van der Waals surface area contributed by atoms with Crippen molar-refractivity contribution in [2.24, 2.45) is 0 Å². The van der Waals surface area contributed by atoms with Gasteiger partial charge in [-0.2, -0.15) is 0 Å². The van der Waals surface area contributed by atoms with Crippen molar-refractivity contribution in [2.45, 2.75) is 12.1 Å². The number of halogens is 2. The van der Waals surface area contributed by atoms with Crippen molar-refractivity contribution in [3.05, 3.63) is 101 Å². The van der Waals surface area contributed by atoms with Gasteiger partial charge in [-0.1, -0.05) is 30.0 Å². The van der Waals surface area contributed by atoms with Crippen molar-refractivity contribution in [1.29, 1.82) is 0 Å². The van der Waals surface area contributed by atoms with E-state index in [1.807, 2.05) is 30.3 Å². The molecule has 4 rings (SSSR count). The number of hydrogen-bond acceptors (Lipinski definition) is 3. The average molecular weight is 376 g/mol. The van der Waals surface area contributed by atoms with Gasteiger partial charge in [-0.25, -0.2) is 13.6 Å². The molecule has 4 nitrogen and oxygen atoms in total. The molecule has 0 radical (unpaired) electrons. The molecule has 6 heteroatoms. The smallest absolute Gasteiger partial charge is 0.408 e. The SMILES string of the molecule is O=C1NC(c2cncc(C#Cc3ccccc3)c2)C(c2cc(F)ccc2F)O1. The molecule has 0 saturated carbocycles. The van der Waals surface area contributed by atoms with E-state index in [4.69, 9.17) is 4.74 Å². The third-order valence-electron chi connectivity index (χ3n) is 4.32. The van der Waals surface area contributed by atoms with Gasteiger partial charge in [-0.15, -0.1) is 0 Å². The number of aromatic nitrogens is 1. The van der Waals surface area contributed by atoms with E-state index in [2.05, 4.69) is 22.1 Å². The van der Waals surface area contributed by atoms with Crippen molar-refractivity contribution in [2.75, 3.05) is 0 Å². The fourth-order valence-electron chi connectivity index (χ4n) is 3.02. The summed E-state index contributed by atoms with van der Waals surface area (Å²) in [4.78, 5) is 16.0. The van der Waals surface area contributed by atoms with Gasteiger partial charge >= 0.3 is 6.09 Å². The summed E-state index contributed by atoms with van der Waals surface area (Å²) in [5, 5.41) is 2.63. The van der Waals surface area contributed by atoms with Crippen LogP contribution in [-0.2, 0) is 4.74 Å². The Labute approximate surface area is 160 Å². The molecule has 1 aliphatic rings. The highest BCUT2D eigenvalue weighted by Gasteiger charge is 2.38. The summed E-state index contributed by atoms with van der Waals surface area (Å²) in [6.45, 7) is 0. The molecular formula is C22H14F2N2O2. The zero-order chi connectivity index (χ0) is 19.5. The Morgan fingerprint density at radius 2 is 1.75 bits per heavy atom. The summed E-state index contributed by atoms with van der Waals surface area (Å²) in [5.74, 6) is 4.78. The first-order valence-corrected chi connectivity index (χ1v) is 8.54. The lowest BCUT2D eigenvalue weighted by Gasteiger charge is -2.18. The number of amides is 1. The number of cyclic esters (lactones) is 1. The van der Waals surface area contributed by atoms with Gasteiger partial charge in [0, 0.05) is 29.1 Å². The molecule has 1 aromatic heterocycles. The van der Waals surface area contributed by atoms with Crippen LogP contribution >= 0.6 is 0 Å². The van der Waals surface area contributed by atoms with Crippen LogP contribution in [0.5, 0.6) is 0 Å². The van der Waals surface area contributed by atoms with E-state index in [-0.39, 0.29) is 5.56 Å². The normalized spacial score (nSPS) is 18.0. The van der Waals surface area contributed by atoms with E-state index in [9.17, 15) is 13.6 Å². The minimum atomic E-state index is -1.01. The average Bonchev–Trinajstić information content (AvgIpc) is 3.11. The first kappa shape index (κ1) is 17.7. The maximum absolute atomic E-state index is 14.2. The Morgan fingerprint density at radius 3 is 2.57 bits per heavy atom. The molecule has 1 amide bonds. The minimum Gasteiger partial charge on any atom is -0.439 e. The Hall–Kier alpha value is -3.72. The molecule has 2 atom stereocenters. The predicted molar refractivity (Wildman–Crippen MR) is 98.1 cm³/mol. The predicted octanol–water partition coefficient (Wildman–Crippen LogP) is 4.28. The molecule has 1 N–H and O–H groups in total. The van der Waals surface area contributed by atoms with Gasteiger partial charge in [-0.3, -0.25) is 4.98 Å². The Bertz CT molecular complexity index is 1090. The van der Waals surface area contributed by atoms with E-state index >= 15 is 0 Å². The summed E-state index contributed by atoms with van der Waals surface area (Å²) in [6.07, 6.45) is 1.41. The molecule has 28 heavy (non-hydrogen) atoms. The second kappa shape index (κ2) is 7.49. The van der Waals surface area contributed by atoms with Gasteiger partial charge in [0.1, 0.15) is 17.7 Å². The standard InChI is InChI=1S/C22H14F2N2O2/c23-17-8-9-19(24)18(11-17)21-20(26-22(27)28-21)16-10-15(12-25-13-16)7-6-14-4-2-1-3-5-14/h1-5,8-13,20-21H,(H,26,27). The van der Waals surface area contributed by atoms with E-state index in [1.165, 1.54) is 6.20 Å². The highest BCUT2D eigenvalue weighted by molar-refractivity contribution is 5.71. The van der Waals surface area contributed by atoms with Crippen LogP contribution in [0.3, 0.4) is 0 Å². The molecule has 0 aliphatic carbocycles. The highest BCUT2D eigenvalue weighted by atomic mass is 19.1. The Balaban J connectivity index is 1.67. The summed E-state index contributed by atoms with van der Waals surface area (Å²) in [6, 6.07) is 13.5. The second-order valence-electron chi connectivity index (χ2n) is 6.24. The van der Waals surface area contributed by atoms with Crippen LogP contribution in [0.4, 0.5) is 13.6 Å². The van der Waals surface area contributed by atoms with Gasteiger partial charge < -0.3 is 10.1 Å². The largest absolute Gasteiger partial charge is 0.439 e. The van der Waals surface area contributed by atoms with Crippen LogP contribution in [0.1, 0.15) is 34.4 Å². The molecule has 2 aromatic carbocycles. The van der Waals surface area contributed by atoms with Crippen molar-refractivity contribution in [3.8, 4) is 11.8 Å². The number of hydrogen-bond donors (Lipinski definition) is 1. The van der Waals surface area contributed by atoms with Gasteiger partial charge in [0.05, 0.1) is 0 Å². The number of pyridine rings is 1. The fourth-order valence-corrected chi connectivity index (χ4v) is 3.02. The number of carbonyl (C=O) groups excluding carboxylic acids is 1. The van der Waals surface area contributed by atoms with E-state index < -0.39 is 29.9 Å². The van der Waals surface area contributed by atoms with E-state index in [1.54, 1.807) is 12.3 Å². The molecule has 2 heterocycles. The number of nitrogens with one attached hydrogen (secondary N) is 1. The molecule has 1 saturated heterocycles. The first-order chi connectivity index (χ1) is 13.6. The number of benzene rings is 2. The lowest BCUT2D eigenvalue weighted by atomic mass is 9.96. The number of alkyl carbamates (subject to hydrolysis) is 1. The summed E-state index contributed by atoms with van der Waals surface area (Å²) >= 11 is 0. The topological polar surface area (TPSA) is 51.2 Å². The van der Waals surface area contributed by atoms with Crippen molar-refractivity contribution in [3.63, 3.8) is 0 Å². The van der Waals surface area contributed by atoms with Crippen molar-refractivity contribution < 1.29 is 18.3 Å². The van der Waals surface area contributed by atoms with Gasteiger partial charge in [0.25, 0.3) is 0 Å². The van der Waals surface area contributed by atoms with Gasteiger partial charge in [-0.05, 0) is 42.0 Å². The summed E-state index contributed by atoms with van der Waals surface area (Å²) < 4.78 is 33.0. The van der Waals surface area contributed by atoms with Crippen LogP contribution in [0.15, 0.2) is 67.0 Å². The monoisotopic (exact) mass is 376 g/mol. The fraction of sp³-hybridized carbons (Fsp3) is 0.0909. The number of ether oxygens (including phenoxy) is 1. The molecule has 2 unspecified atom stereocenters. The van der Waals surface area contributed by atoms with E-state index in [0.29, 0.717) is 11.1 Å². The molecule has 1 fully saturated rings. The third kappa shape index (κ3) is 3.69. The number of rotatable bonds is 2. The third-order valence-corrected chi connectivity index (χ3v) is 4.32. The molecule has 138 valence electrons. The van der Waals surface area contributed by atoms with Gasteiger partial charge in [0.15, 0.2) is 6.10 Å². The van der Waals surface area contributed by atoms with E-state index in [0.717, 1.165) is 23.8 Å². The van der Waals surface area contributed by atoms with Crippen molar-refractivity contribution >= 4 is 6.09 Å². The maximum Gasteiger partial charge on any atom is 0.408 e. The van der Waals surface area contributed by atoms with Crippen LogP contribution in [0.2, 0.25) is 0 Å². The van der Waals surface area contributed by atoms with Crippen LogP contribution < -0.4 is 5.32 Å². The van der Waals surface area contributed by atoms with Crippen LogP contribution in [-0.4, -0.2) is 11.1 Å². The lowest BCUT2D eigenvalue weighted by Crippen LogP contribution is -2.20. The van der Waals surface area contributed by atoms with Crippen LogP contribution in [0.25, 0.3) is 0 Å². The molecular weight excluding hydrogens is 362 g/mol. The highest BCUT2D eigenvalue weighted by Crippen LogP contribution is 2.37. The molecule has 1 aliphatic heterocycles. The Kier molecular flexibility index (Phi) is 4.73. The Morgan fingerprint density at radius 1 is 0.964 bits per heavy atom. The second-order valence-corrected chi connectivity index (χ2v) is 6.24.